The molecule has 0 amide bonds. The SMILES string of the molecule is O=C([O-])[O-].O=P([O-])([O-])O.OC[C@H]1O[C@@H](O[C@H]2[C@H](O)[C@@H](O)C(O)O[C@@H]2CO)[C@H](O)[C@@H](O)[C@H]1O.[Ca+2].[Ca+2]. The summed E-state index contributed by atoms with van der Waals surface area (Å²) in [7, 11) is -5.14. The molecule has 0 aromatic carbocycles. The van der Waals surface area contributed by atoms with E-state index in [0.29, 0.717) is 0 Å². The van der Waals surface area contributed by atoms with Crippen LogP contribution in [0.15, 0.2) is 0 Å². The zero-order chi connectivity index (χ0) is 25.4. The maximum atomic E-state index is 9.94. The number of carbonyl (C=O) groups is 1. The van der Waals surface area contributed by atoms with E-state index in [0.717, 1.165) is 0 Å². The van der Waals surface area contributed by atoms with Crippen LogP contribution in [-0.2, 0) is 18.8 Å². The smallest absolute Gasteiger partial charge is 0.790 e. The number of carbonyl (C=O) groups excluding carboxylic acids is 1. The van der Waals surface area contributed by atoms with Gasteiger partial charge in [-0.3, -0.25) is 0 Å². The largest absolute Gasteiger partial charge is 2.00 e. The molecule has 0 aliphatic carbocycles. The van der Waals surface area contributed by atoms with Crippen LogP contribution in [0.2, 0.25) is 0 Å². The summed E-state index contributed by atoms with van der Waals surface area (Å²) in [6.07, 6.45) is -17.9. The number of aliphatic hydroxyl groups is 8. The third-order valence-corrected chi connectivity index (χ3v) is 3.98. The van der Waals surface area contributed by atoms with E-state index in [-0.39, 0.29) is 75.5 Å². The quantitative estimate of drug-likeness (QED) is 0.110. The molecule has 2 rings (SSSR count). The maximum absolute atomic E-state index is 9.94. The summed E-state index contributed by atoms with van der Waals surface area (Å²) in [6.45, 7) is -1.35. The van der Waals surface area contributed by atoms with E-state index in [2.05, 4.69) is 0 Å². The van der Waals surface area contributed by atoms with Crippen molar-refractivity contribution in [2.75, 3.05) is 13.2 Å². The van der Waals surface area contributed by atoms with E-state index in [1.165, 1.54) is 0 Å². The first kappa shape index (κ1) is 40.0. The molecule has 34 heavy (non-hydrogen) atoms. The Kier molecular flexibility index (Phi) is 21.9. The number of ether oxygens (including phenoxy) is 3. The van der Waals surface area contributed by atoms with Crippen LogP contribution in [0, 0.1) is 0 Å². The van der Waals surface area contributed by atoms with Crippen LogP contribution in [-0.4, -0.2) is 202 Å². The van der Waals surface area contributed by atoms with Crippen molar-refractivity contribution in [3.63, 3.8) is 0 Å². The zero-order valence-corrected chi connectivity index (χ0v) is 22.6. The van der Waals surface area contributed by atoms with Crippen molar-refractivity contribution in [1.82, 2.24) is 0 Å². The van der Waals surface area contributed by atoms with Gasteiger partial charge in [-0.2, -0.15) is 0 Å². The van der Waals surface area contributed by atoms with Gasteiger partial charge in [-0.1, -0.05) is 0 Å². The molecule has 0 saturated carbocycles. The second-order valence-electron chi connectivity index (χ2n) is 6.25. The van der Waals surface area contributed by atoms with Gasteiger partial charge in [0.05, 0.1) is 21.0 Å². The van der Waals surface area contributed by atoms with Gasteiger partial charge in [0.15, 0.2) is 12.6 Å². The standard InChI is InChI=1S/C12H22O11.CH2O3.2Ca.H3O4P/c13-1-3-5(15)6(16)9(19)12(22-3)23-10-4(2-14)21-11(20)8(18)7(10)17;2-1(3)4;;;1-5(2,3)4/h3-20H,1-2H2;(H2,2,3,4);;;(H3,1,2,3,4)/q;;2*+2;/p-4/t3-,4-,5+,6+,7-,8-,9-,10-,11?,12+;;;;/m1..../s1. The van der Waals surface area contributed by atoms with Gasteiger partial charge in [0.25, 0.3) is 0 Å². The first-order valence-electron chi connectivity index (χ1n) is 8.44. The minimum atomic E-state index is -5.14. The topological polar surface area (TPSA) is 336 Å². The molecule has 192 valence electrons. The minimum absolute atomic E-state index is 0. The predicted octanol–water partition coefficient (Wildman–Crippen LogP) is -10.8. The van der Waals surface area contributed by atoms with Crippen LogP contribution in [0.25, 0.3) is 0 Å². The fraction of sp³-hybridized carbons (Fsp3) is 0.923. The molecule has 2 heterocycles. The predicted molar refractivity (Wildman–Crippen MR) is 95.3 cm³/mol. The van der Waals surface area contributed by atoms with E-state index >= 15 is 0 Å². The molecule has 21 heteroatoms. The normalized spacial score (nSPS) is 37.4. The molecule has 10 atom stereocenters. The third-order valence-electron chi connectivity index (χ3n) is 3.98. The van der Waals surface area contributed by atoms with E-state index in [9.17, 15) is 35.7 Å². The number of hydrogen-bond acceptors (Lipinski definition) is 17. The summed E-state index contributed by atoms with van der Waals surface area (Å²) in [5.74, 6) is 0. The molecular weight excluding hydrogens is 555 g/mol. The van der Waals surface area contributed by atoms with Gasteiger partial charge >= 0.3 is 75.5 Å². The zero-order valence-electron chi connectivity index (χ0n) is 17.2. The molecule has 1 unspecified atom stereocenters. The van der Waals surface area contributed by atoms with Gasteiger partial charge < -0.3 is 89.3 Å². The summed E-state index contributed by atoms with van der Waals surface area (Å²) in [5.41, 5.74) is 0. The summed E-state index contributed by atoms with van der Waals surface area (Å²) in [6, 6.07) is 0. The van der Waals surface area contributed by atoms with Crippen LogP contribution in [0.5, 0.6) is 0 Å². The van der Waals surface area contributed by atoms with E-state index in [4.69, 9.17) is 53.6 Å². The van der Waals surface area contributed by atoms with Crippen LogP contribution >= 0.6 is 7.82 Å². The Balaban J connectivity index is -0.000000750. The fourth-order valence-corrected chi connectivity index (χ4v) is 2.57. The Morgan fingerprint density at radius 3 is 1.59 bits per heavy atom. The van der Waals surface area contributed by atoms with E-state index < -0.39 is 88.6 Å². The van der Waals surface area contributed by atoms with E-state index in [1.807, 2.05) is 0 Å². The average Bonchev–Trinajstić information content (AvgIpc) is 2.66. The van der Waals surface area contributed by atoms with Crippen LogP contribution in [0.3, 0.4) is 0 Å². The average molecular weight is 578 g/mol. The Labute approximate surface area is 251 Å². The molecule has 0 aromatic heterocycles. The molecule has 0 aromatic rings. The van der Waals surface area contributed by atoms with Crippen LogP contribution in [0.1, 0.15) is 0 Å². The summed E-state index contributed by atoms with van der Waals surface area (Å²) in [5, 5.41) is 93.2. The van der Waals surface area contributed by atoms with E-state index in [1.54, 1.807) is 0 Å². The molecule has 2 aliphatic heterocycles. The van der Waals surface area contributed by atoms with Crippen molar-refractivity contribution in [3.05, 3.63) is 0 Å². The number of carboxylic acid groups (broad SMARTS) is 2. The number of rotatable bonds is 4. The van der Waals surface area contributed by atoms with Crippen molar-refractivity contribution in [3.8, 4) is 0 Å². The molecule has 9 N–H and O–H groups in total. The molecular formula is C13H23Ca2O18P. The fourth-order valence-electron chi connectivity index (χ4n) is 2.57. The minimum Gasteiger partial charge on any atom is -0.790 e. The van der Waals surface area contributed by atoms with Crippen molar-refractivity contribution in [1.29, 1.82) is 0 Å². The Bertz CT molecular complexity index is 594. The summed E-state index contributed by atoms with van der Waals surface area (Å²) >= 11 is 0. The second-order valence-corrected chi connectivity index (χ2v) is 7.18. The Morgan fingerprint density at radius 2 is 1.21 bits per heavy atom. The van der Waals surface area contributed by atoms with Gasteiger partial charge in [-0.25, -0.2) is 0 Å². The van der Waals surface area contributed by atoms with Crippen molar-refractivity contribution in [2.24, 2.45) is 0 Å². The number of phosphoric acid groups is 1. The Morgan fingerprint density at radius 1 is 0.794 bits per heavy atom. The monoisotopic (exact) mass is 578 g/mol. The van der Waals surface area contributed by atoms with Crippen LogP contribution in [0.4, 0.5) is 4.79 Å². The summed E-state index contributed by atoms with van der Waals surface area (Å²) < 4.78 is 23.9. The molecule has 0 bridgehead atoms. The number of hydrogen-bond donors (Lipinski definition) is 9. The Hall–Kier alpha value is 1.46. The molecule has 18 nitrogen and oxygen atoms in total. The van der Waals surface area contributed by atoms with Gasteiger partial charge in [-0.05, 0) is 6.16 Å². The molecule has 2 fully saturated rings. The van der Waals surface area contributed by atoms with Crippen molar-refractivity contribution in [2.45, 2.75) is 61.4 Å². The van der Waals surface area contributed by atoms with Gasteiger partial charge in [0.2, 0.25) is 0 Å². The second kappa shape index (κ2) is 18.7. The van der Waals surface area contributed by atoms with Gasteiger partial charge in [0, 0.05) is 0 Å². The van der Waals surface area contributed by atoms with Crippen molar-refractivity contribution >= 4 is 89.5 Å². The first-order chi connectivity index (χ1) is 14.5. The summed E-state index contributed by atoms with van der Waals surface area (Å²) in [4.78, 5) is 32.6. The number of aliphatic hydroxyl groups excluding tert-OH is 8. The maximum Gasteiger partial charge on any atom is 2.00 e. The van der Waals surface area contributed by atoms with Crippen LogP contribution < -0.4 is 20.0 Å². The van der Waals surface area contributed by atoms with Gasteiger partial charge in [0.1, 0.15) is 48.8 Å². The molecule has 2 aliphatic rings. The molecule has 2 saturated heterocycles. The third kappa shape index (κ3) is 14.4. The van der Waals surface area contributed by atoms with Crippen molar-refractivity contribution < 1.29 is 89.3 Å². The molecule has 0 spiro atoms. The molecule has 0 radical (unpaired) electrons. The van der Waals surface area contributed by atoms with Gasteiger partial charge in [-0.15, -0.1) is 0 Å². The first-order valence-corrected chi connectivity index (χ1v) is 9.93.